The van der Waals surface area contributed by atoms with Crippen LogP contribution < -0.4 is 0 Å². The largest absolute Gasteiger partial charge is 0.390 e. The quantitative estimate of drug-likeness (QED) is 0.557. The molecule has 0 saturated carbocycles. The van der Waals surface area contributed by atoms with Crippen molar-refractivity contribution >= 4 is 34.9 Å². The number of nitrogens with zero attached hydrogens (tertiary/aromatic N) is 5. The number of benzene rings is 1. The minimum absolute atomic E-state index is 0.00395. The highest BCUT2D eigenvalue weighted by Crippen LogP contribution is 2.26. The summed E-state index contributed by atoms with van der Waals surface area (Å²) in [5.41, 5.74) is 1.47. The molecule has 0 atom stereocenters. The Balaban J connectivity index is 1.56. The van der Waals surface area contributed by atoms with Gasteiger partial charge in [-0.2, -0.15) is 4.68 Å². The van der Waals surface area contributed by atoms with E-state index in [2.05, 4.69) is 10.00 Å². The van der Waals surface area contributed by atoms with Crippen LogP contribution in [0.15, 0.2) is 24.3 Å². The fraction of sp³-hybridized carbons (Fsp3) is 0.412. The third-order valence-corrected chi connectivity index (χ3v) is 5.32. The van der Waals surface area contributed by atoms with Crippen molar-refractivity contribution in [2.24, 2.45) is 0 Å². The van der Waals surface area contributed by atoms with Gasteiger partial charge in [0, 0.05) is 48.3 Å². The second-order valence-electron chi connectivity index (χ2n) is 6.42. The molecule has 1 aromatic heterocycles. The van der Waals surface area contributed by atoms with Crippen molar-refractivity contribution < 1.29 is 9.72 Å². The summed E-state index contributed by atoms with van der Waals surface area (Å²) >= 11 is 12.4. The van der Waals surface area contributed by atoms with Crippen molar-refractivity contribution in [3.63, 3.8) is 0 Å². The maximum absolute atomic E-state index is 12.5. The van der Waals surface area contributed by atoms with Crippen molar-refractivity contribution in [3.05, 3.63) is 55.7 Å². The Kier molecular flexibility index (Phi) is 5.98. The average molecular weight is 412 g/mol. The summed E-state index contributed by atoms with van der Waals surface area (Å²) in [4.78, 5) is 26.7. The number of carbonyl (C=O) groups is 1. The first kappa shape index (κ1) is 19.6. The Bertz CT molecular complexity index is 842. The van der Waals surface area contributed by atoms with Gasteiger partial charge in [0.2, 0.25) is 5.91 Å². The average Bonchev–Trinajstić information content (AvgIpc) is 3.00. The Morgan fingerprint density at radius 2 is 1.85 bits per heavy atom. The second-order valence-corrected chi connectivity index (χ2v) is 7.23. The van der Waals surface area contributed by atoms with Crippen LogP contribution in [0.5, 0.6) is 0 Å². The lowest BCUT2D eigenvalue weighted by Gasteiger charge is -2.35. The molecule has 1 amide bonds. The SMILES string of the molecule is Cc1cc([N+](=O)[O-])nn1CC(=O)N1CCN(Cc2c(Cl)cccc2Cl)CC1. The van der Waals surface area contributed by atoms with Crippen LogP contribution >= 0.6 is 23.2 Å². The Morgan fingerprint density at radius 3 is 2.41 bits per heavy atom. The zero-order valence-corrected chi connectivity index (χ0v) is 16.3. The molecule has 0 unspecified atom stereocenters. The van der Waals surface area contributed by atoms with Crippen LogP contribution in [0.25, 0.3) is 0 Å². The molecule has 10 heteroatoms. The van der Waals surface area contributed by atoms with Crippen LogP contribution in [0.4, 0.5) is 5.82 Å². The van der Waals surface area contributed by atoms with E-state index in [-0.39, 0.29) is 18.3 Å². The summed E-state index contributed by atoms with van der Waals surface area (Å²) in [5.74, 6) is -0.353. The predicted octanol–water partition coefficient (Wildman–Crippen LogP) is 2.75. The van der Waals surface area contributed by atoms with E-state index in [1.165, 1.54) is 10.7 Å². The van der Waals surface area contributed by atoms with E-state index in [1.807, 2.05) is 18.2 Å². The van der Waals surface area contributed by atoms with E-state index in [0.717, 1.165) is 5.56 Å². The first-order valence-corrected chi connectivity index (χ1v) is 9.22. The molecule has 0 radical (unpaired) electrons. The van der Waals surface area contributed by atoms with E-state index in [4.69, 9.17) is 23.2 Å². The third-order valence-electron chi connectivity index (χ3n) is 4.61. The zero-order chi connectivity index (χ0) is 19.6. The number of rotatable bonds is 5. The van der Waals surface area contributed by atoms with E-state index < -0.39 is 4.92 Å². The van der Waals surface area contributed by atoms with Crippen LogP contribution in [-0.2, 0) is 17.9 Å². The minimum Gasteiger partial charge on any atom is -0.358 e. The topological polar surface area (TPSA) is 84.5 Å². The van der Waals surface area contributed by atoms with Crippen LogP contribution in [0.3, 0.4) is 0 Å². The standard InChI is InChI=1S/C17H19Cl2N5O3/c1-12-9-16(24(26)27)20-23(12)11-17(25)22-7-5-21(6-8-22)10-13-14(18)3-2-4-15(13)19/h2-4,9H,5-8,10-11H2,1H3. The smallest absolute Gasteiger partial charge is 0.358 e. The molecule has 1 aliphatic rings. The van der Waals surface area contributed by atoms with Gasteiger partial charge >= 0.3 is 5.82 Å². The number of aryl methyl sites for hydroxylation is 1. The molecule has 1 aromatic carbocycles. The van der Waals surface area contributed by atoms with Crippen LogP contribution in [0.1, 0.15) is 11.3 Å². The Labute approximate surface area is 166 Å². The molecule has 0 bridgehead atoms. The summed E-state index contributed by atoms with van der Waals surface area (Å²) in [7, 11) is 0. The summed E-state index contributed by atoms with van der Waals surface area (Å²) in [5, 5.41) is 15.9. The number of piperazine rings is 1. The number of hydrogen-bond donors (Lipinski definition) is 0. The third kappa shape index (κ3) is 4.58. The summed E-state index contributed by atoms with van der Waals surface area (Å²) in [6.07, 6.45) is 0. The summed E-state index contributed by atoms with van der Waals surface area (Å²) in [6, 6.07) is 6.80. The second kappa shape index (κ2) is 8.24. The van der Waals surface area contributed by atoms with Crippen LogP contribution in [0.2, 0.25) is 10.0 Å². The molecule has 144 valence electrons. The van der Waals surface area contributed by atoms with Gasteiger partial charge in [-0.05, 0) is 24.0 Å². The van der Waals surface area contributed by atoms with Gasteiger partial charge in [-0.1, -0.05) is 29.3 Å². The van der Waals surface area contributed by atoms with Crippen molar-refractivity contribution in [3.8, 4) is 0 Å². The molecule has 0 aliphatic carbocycles. The first-order chi connectivity index (χ1) is 12.8. The number of amides is 1. The van der Waals surface area contributed by atoms with Crippen LogP contribution in [-0.4, -0.2) is 56.6 Å². The number of nitro groups is 1. The molecular formula is C17H19Cl2N5O3. The fourth-order valence-corrected chi connectivity index (χ4v) is 3.55. The molecule has 2 aromatic rings. The zero-order valence-electron chi connectivity index (χ0n) is 14.8. The molecule has 27 heavy (non-hydrogen) atoms. The highest BCUT2D eigenvalue weighted by molar-refractivity contribution is 6.35. The van der Waals surface area contributed by atoms with Crippen molar-refractivity contribution in [2.75, 3.05) is 26.2 Å². The summed E-state index contributed by atoms with van der Waals surface area (Å²) in [6.45, 7) is 4.86. The number of halogens is 2. The van der Waals surface area contributed by atoms with Gasteiger partial charge in [0.15, 0.2) is 0 Å². The Morgan fingerprint density at radius 1 is 1.22 bits per heavy atom. The minimum atomic E-state index is -0.563. The molecule has 1 fully saturated rings. The highest BCUT2D eigenvalue weighted by Gasteiger charge is 2.25. The van der Waals surface area contributed by atoms with Crippen molar-refractivity contribution in [2.45, 2.75) is 20.0 Å². The number of hydrogen-bond acceptors (Lipinski definition) is 5. The molecule has 3 rings (SSSR count). The van der Waals surface area contributed by atoms with Gasteiger partial charge < -0.3 is 15.0 Å². The van der Waals surface area contributed by atoms with E-state index >= 15 is 0 Å². The number of carbonyl (C=O) groups excluding carboxylic acids is 1. The van der Waals surface area contributed by atoms with Gasteiger partial charge in [-0.25, -0.2) is 0 Å². The van der Waals surface area contributed by atoms with Gasteiger partial charge in [0.05, 0.1) is 16.9 Å². The normalized spacial score (nSPS) is 15.1. The van der Waals surface area contributed by atoms with Gasteiger partial charge in [-0.3, -0.25) is 9.69 Å². The monoisotopic (exact) mass is 411 g/mol. The lowest BCUT2D eigenvalue weighted by molar-refractivity contribution is -0.389. The maximum Gasteiger partial charge on any atom is 0.390 e. The molecule has 0 N–H and O–H groups in total. The fourth-order valence-electron chi connectivity index (χ4n) is 3.03. The van der Waals surface area contributed by atoms with Crippen molar-refractivity contribution in [1.82, 2.24) is 19.6 Å². The molecule has 0 spiro atoms. The van der Waals surface area contributed by atoms with Gasteiger partial charge in [0.1, 0.15) is 6.54 Å². The molecule has 8 nitrogen and oxygen atoms in total. The van der Waals surface area contributed by atoms with Gasteiger partial charge in [0.25, 0.3) is 0 Å². The lowest BCUT2D eigenvalue weighted by Crippen LogP contribution is -2.49. The highest BCUT2D eigenvalue weighted by atomic mass is 35.5. The van der Waals surface area contributed by atoms with Gasteiger partial charge in [-0.15, -0.1) is 0 Å². The number of aromatic nitrogens is 2. The predicted molar refractivity (Wildman–Crippen MR) is 102 cm³/mol. The van der Waals surface area contributed by atoms with Crippen LogP contribution in [0, 0.1) is 17.0 Å². The summed E-state index contributed by atoms with van der Waals surface area (Å²) < 4.78 is 1.37. The van der Waals surface area contributed by atoms with E-state index in [1.54, 1.807) is 11.8 Å². The molecular weight excluding hydrogens is 393 g/mol. The maximum atomic E-state index is 12.5. The van der Waals surface area contributed by atoms with Crippen molar-refractivity contribution in [1.29, 1.82) is 0 Å². The lowest BCUT2D eigenvalue weighted by atomic mass is 10.2. The molecule has 1 saturated heterocycles. The van der Waals surface area contributed by atoms with E-state index in [0.29, 0.717) is 48.5 Å². The first-order valence-electron chi connectivity index (χ1n) is 8.47. The molecule has 1 aliphatic heterocycles. The molecule has 2 heterocycles. The Hall–Kier alpha value is -2.16. The van der Waals surface area contributed by atoms with E-state index in [9.17, 15) is 14.9 Å².